The first-order chi connectivity index (χ1) is 10.1. The van der Waals surface area contributed by atoms with Gasteiger partial charge in [-0.1, -0.05) is 27.5 Å². The normalized spacial score (nSPS) is 10.8. The van der Waals surface area contributed by atoms with E-state index in [0.717, 1.165) is 21.3 Å². The van der Waals surface area contributed by atoms with Gasteiger partial charge in [-0.05, 0) is 59.3 Å². The Morgan fingerprint density at radius 2 is 2.00 bits per heavy atom. The maximum Gasteiger partial charge on any atom is 0.188 e. The molecule has 2 aromatic carbocycles. The number of nitrogens with zero attached hydrogens (tertiary/aromatic N) is 4. The molecule has 0 aliphatic heterocycles. The second-order valence-electron chi connectivity index (χ2n) is 4.58. The lowest BCUT2D eigenvalue weighted by Gasteiger charge is -2.09. The van der Waals surface area contributed by atoms with Gasteiger partial charge in [-0.25, -0.2) is 0 Å². The first-order valence-corrected chi connectivity index (χ1v) is 7.33. The van der Waals surface area contributed by atoms with Crippen molar-refractivity contribution in [1.82, 2.24) is 20.2 Å². The zero-order valence-electron chi connectivity index (χ0n) is 11.1. The summed E-state index contributed by atoms with van der Waals surface area (Å²) in [6.07, 6.45) is 0. The minimum atomic E-state index is 0.611. The Hall–Kier alpha value is -1.92. The van der Waals surface area contributed by atoms with Crippen LogP contribution in [0.3, 0.4) is 0 Å². The number of nitrogen functional groups attached to an aromatic ring is 1. The highest BCUT2D eigenvalue weighted by Gasteiger charge is 2.15. The number of halogens is 2. The molecule has 0 fully saturated rings. The van der Waals surface area contributed by atoms with Gasteiger partial charge in [-0.2, -0.15) is 4.68 Å². The van der Waals surface area contributed by atoms with Crippen LogP contribution in [0.1, 0.15) is 5.56 Å². The van der Waals surface area contributed by atoms with Gasteiger partial charge in [0.2, 0.25) is 0 Å². The van der Waals surface area contributed by atoms with Gasteiger partial charge in [0.25, 0.3) is 0 Å². The van der Waals surface area contributed by atoms with E-state index in [9.17, 15) is 0 Å². The molecule has 0 unspecified atom stereocenters. The summed E-state index contributed by atoms with van der Waals surface area (Å²) >= 11 is 9.50. The van der Waals surface area contributed by atoms with Gasteiger partial charge in [0, 0.05) is 20.7 Å². The van der Waals surface area contributed by atoms with Gasteiger partial charge in [0.05, 0.1) is 5.69 Å². The van der Waals surface area contributed by atoms with Crippen molar-refractivity contribution in [3.05, 3.63) is 51.5 Å². The predicted octanol–water partition coefficient (Wildman–Crippen LogP) is 3.64. The molecule has 0 saturated carbocycles. The van der Waals surface area contributed by atoms with Crippen LogP contribution in [0.5, 0.6) is 0 Å². The maximum atomic E-state index is 6.00. The fraction of sp³-hybridized carbons (Fsp3) is 0.0714. The fourth-order valence-electron chi connectivity index (χ4n) is 2.09. The van der Waals surface area contributed by atoms with Gasteiger partial charge >= 0.3 is 0 Å². The summed E-state index contributed by atoms with van der Waals surface area (Å²) in [6, 6.07) is 11.1. The van der Waals surface area contributed by atoms with Crippen LogP contribution in [0.4, 0.5) is 5.69 Å². The van der Waals surface area contributed by atoms with E-state index in [0.29, 0.717) is 16.5 Å². The lowest BCUT2D eigenvalue weighted by molar-refractivity contribution is 0.787. The Morgan fingerprint density at radius 1 is 1.19 bits per heavy atom. The molecule has 5 nitrogen and oxygen atoms in total. The summed E-state index contributed by atoms with van der Waals surface area (Å²) < 4.78 is 2.55. The molecule has 7 heteroatoms. The van der Waals surface area contributed by atoms with E-state index in [-0.39, 0.29) is 0 Å². The molecule has 21 heavy (non-hydrogen) atoms. The topological polar surface area (TPSA) is 69.6 Å². The summed E-state index contributed by atoms with van der Waals surface area (Å²) in [5.41, 5.74) is 9.18. The van der Waals surface area contributed by atoms with Crippen molar-refractivity contribution < 1.29 is 0 Å². The molecule has 3 rings (SSSR count). The van der Waals surface area contributed by atoms with Crippen molar-refractivity contribution in [2.75, 3.05) is 5.73 Å². The van der Waals surface area contributed by atoms with Crippen LogP contribution in [0.25, 0.3) is 17.1 Å². The van der Waals surface area contributed by atoms with Crippen molar-refractivity contribution in [1.29, 1.82) is 0 Å². The van der Waals surface area contributed by atoms with Gasteiger partial charge < -0.3 is 5.73 Å². The maximum absolute atomic E-state index is 6.00. The molecule has 1 aromatic heterocycles. The molecule has 0 radical (unpaired) electrons. The van der Waals surface area contributed by atoms with E-state index in [1.165, 1.54) is 0 Å². The Morgan fingerprint density at radius 3 is 2.76 bits per heavy atom. The number of hydrogen-bond acceptors (Lipinski definition) is 4. The summed E-state index contributed by atoms with van der Waals surface area (Å²) in [5, 5.41) is 12.6. The van der Waals surface area contributed by atoms with E-state index in [4.69, 9.17) is 17.3 Å². The van der Waals surface area contributed by atoms with Crippen LogP contribution in [0.2, 0.25) is 5.02 Å². The number of rotatable bonds is 2. The Labute approximate surface area is 134 Å². The van der Waals surface area contributed by atoms with Gasteiger partial charge in [-0.3, -0.25) is 0 Å². The number of hydrogen-bond donors (Lipinski definition) is 1. The van der Waals surface area contributed by atoms with Crippen LogP contribution in [0.15, 0.2) is 40.9 Å². The quantitative estimate of drug-likeness (QED) is 0.705. The molecule has 0 amide bonds. The first-order valence-electron chi connectivity index (χ1n) is 6.16. The largest absolute Gasteiger partial charge is 0.399 e. The van der Waals surface area contributed by atoms with E-state index < -0.39 is 0 Å². The highest BCUT2D eigenvalue weighted by atomic mass is 79.9. The number of nitrogens with two attached hydrogens (primary N) is 1. The van der Waals surface area contributed by atoms with E-state index in [1.54, 1.807) is 4.68 Å². The summed E-state index contributed by atoms with van der Waals surface area (Å²) in [4.78, 5) is 0. The zero-order valence-corrected chi connectivity index (χ0v) is 13.4. The van der Waals surface area contributed by atoms with Crippen LogP contribution < -0.4 is 5.73 Å². The third kappa shape index (κ3) is 2.64. The zero-order chi connectivity index (χ0) is 15.0. The summed E-state index contributed by atoms with van der Waals surface area (Å²) in [6.45, 7) is 1.96. The number of aromatic nitrogens is 4. The van der Waals surface area contributed by atoms with Gasteiger partial charge in [0.15, 0.2) is 5.82 Å². The van der Waals surface area contributed by atoms with E-state index in [1.807, 2.05) is 43.3 Å². The van der Waals surface area contributed by atoms with Crippen molar-refractivity contribution >= 4 is 33.2 Å². The van der Waals surface area contributed by atoms with Gasteiger partial charge in [0.1, 0.15) is 0 Å². The summed E-state index contributed by atoms with van der Waals surface area (Å²) in [7, 11) is 0. The molecule has 2 N–H and O–H groups in total. The third-order valence-corrected chi connectivity index (χ3v) is 4.01. The minimum Gasteiger partial charge on any atom is -0.399 e. The molecule has 1 heterocycles. The monoisotopic (exact) mass is 363 g/mol. The number of tetrazole rings is 1. The van der Waals surface area contributed by atoms with Crippen molar-refractivity contribution in [2.45, 2.75) is 6.92 Å². The second-order valence-corrected chi connectivity index (χ2v) is 5.88. The summed E-state index contributed by atoms with van der Waals surface area (Å²) in [5.74, 6) is 0.611. The smallest absolute Gasteiger partial charge is 0.188 e. The molecule has 0 saturated heterocycles. The highest BCUT2D eigenvalue weighted by Crippen LogP contribution is 2.30. The number of aryl methyl sites for hydroxylation is 1. The van der Waals surface area contributed by atoms with Crippen LogP contribution in [-0.2, 0) is 0 Å². The van der Waals surface area contributed by atoms with Crippen molar-refractivity contribution in [3.63, 3.8) is 0 Å². The van der Waals surface area contributed by atoms with E-state index in [2.05, 4.69) is 31.5 Å². The average molecular weight is 365 g/mol. The lowest BCUT2D eigenvalue weighted by atomic mass is 10.1. The minimum absolute atomic E-state index is 0.611. The molecular formula is C14H11BrClN5. The number of anilines is 1. The SMILES string of the molecule is Cc1cc(Cl)ccc1-n1nnnc1-c1cc(N)ccc1Br. The third-order valence-electron chi connectivity index (χ3n) is 3.09. The van der Waals surface area contributed by atoms with Gasteiger partial charge in [-0.15, -0.1) is 5.10 Å². The highest BCUT2D eigenvalue weighted by molar-refractivity contribution is 9.10. The Kier molecular flexibility index (Phi) is 3.65. The Bertz CT molecular complexity index is 815. The molecule has 0 aliphatic rings. The van der Waals surface area contributed by atoms with Crippen molar-refractivity contribution in [2.24, 2.45) is 0 Å². The first kappa shape index (κ1) is 14.0. The lowest BCUT2D eigenvalue weighted by Crippen LogP contribution is -2.02. The van der Waals surface area contributed by atoms with Crippen molar-refractivity contribution in [3.8, 4) is 17.1 Å². The predicted molar refractivity (Wildman–Crippen MR) is 86.4 cm³/mol. The molecule has 0 bridgehead atoms. The molecule has 0 spiro atoms. The van der Waals surface area contributed by atoms with Crippen LogP contribution in [-0.4, -0.2) is 20.2 Å². The standard InChI is InChI=1S/C14H11BrClN5/c1-8-6-9(16)2-5-13(8)21-14(18-19-20-21)11-7-10(17)3-4-12(11)15/h2-7H,17H2,1H3. The molecular weight excluding hydrogens is 354 g/mol. The van der Waals surface area contributed by atoms with E-state index >= 15 is 0 Å². The van der Waals surface area contributed by atoms with Crippen LogP contribution in [0, 0.1) is 6.92 Å². The molecule has 0 aliphatic carbocycles. The van der Waals surface area contributed by atoms with Crippen LogP contribution >= 0.6 is 27.5 Å². The second kappa shape index (κ2) is 5.46. The molecule has 0 atom stereocenters. The fourth-order valence-corrected chi connectivity index (χ4v) is 2.74. The molecule has 106 valence electrons. The average Bonchev–Trinajstić information content (AvgIpc) is 2.90. The number of benzene rings is 2. The molecule has 3 aromatic rings. The Balaban J connectivity index is 2.19.